The maximum atomic E-state index is 13.1. The van der Waals surface area contributed by atoms with Crippen LogP contribution in [0.3, 0.4) is 0 Å². The molecule has 0 saturated carbocycles. The molecule has 0 radical (unpaired) electrons. The molecule has 1 nitrogen and oxygen atoms in total. The topological polar surface area (TPSA) is 20.2 Å². The fourth-order valence-corrected chi connectivity index (χ4v) is 2.90. The summed E-state index contributed by atoms with van der Waals surface area (Å²) in [6.07, 6.45) is -0.488. The van der Waals surface area contributed by atoms with E-state index in [1.807, 2.05) is 24.3 Å². The lowest BCUT2D eigenvalue weighted by atomic mass is 10.1. The van der Waals surface area contributed by atoms with Gasteiger partial charge in [-0.15, -0.1) is 11.8 Å². The normalized spacial score (nSPS) is 12.4. The van der Waals surface area contributed by atoms with E-state index in [-0.39, 0.29) is 5.82 Å². The van der Waals surface area contributed by atoms with Crippen molar-refractivity contribution in [3.05, 3.63) is 64.4 Å². The number of benzene rings is 2. The molecule has 0 aliphatic heterocycles. The molecule has 0 heterocycles. The first-order valence-corrected chi connectivity index (χ1v) is 7.27. The molecule has 4 heteroatoms. The third kappa shape index (κ3) is 3.96. The van der Waals surface area contributed by atoms with Gasteiger partial charge in [0.15, 0.2) is 0 Å². The Labute approximate surface area is 121 Å². The molecule has 0 fully saturated rings. The van der Waals surface area contributed by atoms with Crippen LogP contribution in [0.5, 0.6) is 0 Å². The van der Waals surface area contributed by atoms with E-state index in [4.69, 9.17) is 11.6 Å². The highest BCUT2D eigenvalue weighted by Gasteiger charge is 2.05. The minimum Gasteiger partial charge on any atom is -0.389 e. The Morgan fingerprint density at radius 1 is 1.26 bits per heavy atom. The van der Waals surface area contributed by atoms with Crippen LogP contribution in [-0.2, 0) is 5.75 Å². The number of aliphatic hydroxyl groups is 1. The first-order valence-electron chi connectivity index (χ1n) is 5.91. The maximum absolute atomic E-state index is 13.1. The van der Waals surface area contributed by atoms with Crippen molar-refractivity contribution in [1.29, 1.82) is 0 Å². The summed E-state index contributed by atoms with van der Waals surface area (Å²) in [5.41, 5.74) is 1.64. The van der Waals surface area contributed by atoms with Crippen LogP contribution < -0.4 is 0 Å². The van der Waals surface area contributed by atoms with Gasteiger partial charge in [0.1, 0.15) is 5.82 Å². The Balaban J connectivity index is 2.10. The molecule has 0 saturated heterocycles. The van der Waals surface area contributed by atoms with Crippen LogP contribution in [0.4, 0.5) is 4.39 Å². The highest BCUT2D eigenvalue weighted by Crippen LogP contribution is 2.28. The second kappa shape index (κ2) is 6.42. The van der Waals surface area contributed by atoms with Crippen molar-refractivity contribution >= 4 is 23.4 Å². The van der Waals surface area contributed by atoms with Crippen LogP contribution in [0, 0.1) is 5.82 Å². The summed E-state index contributed by atoms with van der Waals surface area (Å²) in [6.45, 7) is 1.73. The molecule has 2 rings (SSSR count). The zero-order valence-electron chi connectivity index (χ0n) is 10.4. The zero-order chi connectivity index (χ0) is 13.8. The van der Waals surface area contributed by atoms with Crippen LogP contribution in [0.2, 0.25) is 5.02 Å². The summed E-state index contributed by atoms with van der Waals surface area (Å²) in [7, 11) is 0. The first-order chi connectivity index (χ1) is 9.06. The molecular weight excluding hydrogens is 283 g/mol. The first kappa shape index (κ1) is 14.4. The van der Waals surface area contributed by atoms with Crippen LogP contribution in [0.1, 0.15) is 24.2 Å². The lowest BCUT2D eigenvalue weighted by Crippen LogP contribution is -1.91. The molecule has 2 aromatic carbocycles. The molecule has 19 heavy (non-hydrogen) atoms. The lowest BCUT2D eigenvalue weighted by Gasteiger charge is -2.08. The fraction of sp³-hybridized carbons (Fsp3) is 0.200. The monoisotopic (exact) mass is 296 g/mol. The highest BCUT2D eigenvalue weighted by molar-refractivity contribution is 7.98. The third-order valence-electron chi connectivity index (χ3n) is 2.74. The summed E-state index contributed by atoms with van der Waals surface area (Å²) in [5, 5.41) is 10.1. The van der Waals surface area contributed by atoms with E-state index in [9.17, 15) is 9.50 Å². The largest absolute Gasteiger partial charge is 0.389 e. The molecule has 0 aromatic heterocycles. The minimum atomic E-state index is -0.488. The van der Waals surface area contributed by atoms with Crippen molar-refractivity contribution < 1.29 is 9.50 Å². The third-order valence-corrected chi connectivity index (χ3v) is 4.15. The van der Waals surface area contributed by atoms with Gasteiger partial charge in [-0.05, 0) is 48.4 Å². The summed E-state index contributed by atoms with van der Waals surface area (Å²) >= 11 is 7.59. The second-order valence-electron chi connectivity index (χ2n) is 4.27. The molecule has 0 aliphatic rings. The fourth-order valence-electron chi connectivity index (χ4n) is 1.68. The van der Waals surface area contributed by atoms with E-state index in [2.05, 4.69) is 0 Å². The van der Waals surface area contributed by atoms with E-state index in [0.29, 0.717) is 10.8 Å². The van der Waals surface area contributed by atoms with Gasteiger partial charge in [0.05, 0.1) is 6.10 Å². The van der Waals surface area contributed by atoms with Gasteiger partial charge in [-0.3, -0.25) is 0 Å². The minimum absolute atomic E-state index is 0.280. The summed E-state index contributed by atoms with van der Waals surface area (Å²) in [4.78, 5) is 1.03. The van der Waals surface area contributed by atoms with Gasteiger partial charge in [0, 0.05) is 15.7 Å². The molecule has 2 aromatic rings. The molecular formula is C15H14ClFOS. The highest BCUT2D eigenvalue weighted by atomic mass is 35.5. The number of thioether (sulfide) groups is 1. The van der Waals surface area contributed by atoms with Crippen LogP contribution in [0.15, 0.2) is 47.4 Å². The van der Waals surface area contributed by atoms with E-state index in [1.54, 1.807) is 24.8 Å². The van der Waals surface area contributed by atoms with Gasteiger partial charge >= 0.3 is 0 Å². The number of hydrogen-bond acceptors (Lipinski definition) is 2. The van der Waals surface area contributed by atoms with E-state index < -0.39 is 6.10 Å². The second-order valence-corrected chi connectivity index (χ2v) is 5.73. The smallest absolute Gasteiger partial charge is 0.123 e. The van der Waals surface area contributed by atoms with Gasteiger partial charge in [0.2, 0.25) is 0 Å². The molecule has 1 atom stereocenters. The van der Waals surface area contributed by atoms with Gasteiger partial charge in [-0.1, -0.05) is 23.7 Å². The van der Waals surface area contributed by atoms with Crippen molar-refractivity contribution in [3.63, 3.8) is 0 Å². The molecule has 1 N–H and O–H groups in total. The predicted molar refractivity (Wildman–Crippen MR) is 78.0 cm³/mol. The van der Waals surface area contributed by atoms with Crippen molar-refractivity contribution in [2.24, 2.45) is 0 Å². The standard InChI is InChI=1S/C15H14ClFOS/c1-10(18)11-3-2-4-14(8-11)19-9-12-7-13(17)5-6-15(12)16/h2-8,10,18H,9H2,1H3. The summed E-state index contributed by atoms with van der Waals surface area (Å²) < 4.78 is 13.1. The number of aliphatic hydroxyl groups excluding tert-OH is 1. The predicted octanol–water partition coefficient (Wildman–Crippen LogP) is 4.82. The van der Waals surface area contributed by atoms with Crippen LogP contribution in [-0.4, -0.2) is 5.11 Å². The Hall–Kier alpha value is -1.03. The molecule has 0 amide bonds. The maximum Gasteiger partial charge on any atom is 0.123 e. The Kier molecular flexibility index (Phi) is 4.86. The van der Waals surface area contributed by atoms with Crippen molar-refractivity contribution in [1.82, 2.24) is 0 Å². The number of hydrogen-bond donors (Lipinski definition) is 1. The number of halogens is 2. The van der Waals surface area contributed by atoms with Crippen LogP contribution >= 0.6 is 23.4 Å². The molecule has 0 bridgehead atoms. The summed E-state index contributed by atoms with van der Waals surface area (Å²) in [5.74, 6) is 0.317. The van der Waals surface area contributed by atoms with Gasteiger partial charge in [-0.25, -0.2) is 4.39 Å². The van der Waals surface area contributed by atoms with E-state index >= 15 is 0 Å². The zero-order valence-corrected chi connectivity index (χ0v) is 12.0. The number of rotatable bonds is 4. The SMILES string of the molecule is CC(O)c1cccc(SCc2cc(F)ccc2Cl)c1. The van der Waals surface area contributed by atoms with Crippen molar-refractivity contribution in [2.45, 2.75) is 23.7 Å². The quantitative estimate of drug-likeness (QED) is 0.816. The average Bonchev–Trinajstić information content (AvgIpc) is 2.40. The Bertz CT molecular complexity index is 572. The average molecular weight is 297 g/mol. The molecule has 0 aliphatic carbocycles. The van der Waals surface area contributed by atoms with Gasteiger partial charge in [-0.2, -0.15) is 0 Å². The van der Waals surface area contributed by atoms with Crippen molar-refractivity contribution in [3.8, 4) is 0 Å². The molecule has 1 unspecified atom stereocenters. The molecule has 0 spiro atoms. The van der Waals surface area contributed by atoms with Crippen LogP contribution in [0.25, 0.3) is 0 Å². The Morgan fingerprint density at radius 3 is 2.79 bits per heavy atom. The van der Waals surface area contributed by atoms with E-state index in [1.165, 1.54) is 12.1 Å². The van der Waals surface area contributed by atoms with Gasteiger partial charge < -0.3 is 5.11 Å². The summed E-state index contributed by atoms with van der Waals surface area (Å²) in [6, 6.07) is 12.0. The molecule has 100 valence electrons. The van der Waals surface area contributed by atoms with E-state index in [0.717, 1.165) is 16.0 Å². The Morgan fingerprint density at radius 2 is 2.05 bits per heavy atom. The lowest BCUT2D eigenvalue weighted by molar-refractivity contribution is 0.199. The van der Waals surface area contributed by atoms with Gasteiger partial charge in [0.25, 0.3) is 0 Å². The van der Waals surface area contributed by atoms with Crippen molar-refractivity contribution in [2.75, 3.05) is 0 Å².